The second-order valence-electron chi connectivity index (χ2n) is 7.50. The van der Waals surface area contributed by atoms with Gasteiger partial charge in [-0.1, -0.05) is 42.5 Å². The normalized spacial score (nSPS) is 14.0. The third-order valence-corrected chi connectivity index (χ3v) is 4.96. The number of nitro groups is 1. The summed E-state index contributed by atoms with van der Waals surface area (Å²) >= 11 is 0. The van der Waals surface area contributed by atoms with Crippen LogP contribution >= 0.6 is 0 Å². The minimum atomic E-state index is -0.873. The van der Waals surface area contributed by atoms with Crippen molar-refractivity contribution < 1.29 is 19.2 Å². The van der Waals surface area contributed by atoms with Crippen LogP contribution in [0.2, 0.25) is 0 Å². The monoisotopic (exact) mass is 411 g/mol. The number of ether oxygens (including phenoxy) is 1. The highest BCUT2D eigenvalue weighted by Crippen LogP contribution is 2.28. The molecular weight excluding hydrogens is 386 g/mol. The van der Waals surface area contributed by atoms with Crippen molar-refractivity contribution in [3.63, 3.8) is 0 Å². The van der Waals surface area contributed by atoms with E-state index in [1.54, 1.807) is 36.9 Å². The first-order valence-electron chi connectivity index (χ1n) is 9.90. The van der Waals surface area contributed by atoms with Crippen molar-refractivity contribution in [2.24, 2.45) is 0 Å². The molecule has 0 spiro atoms. The van der Waals surface area contributed by atoms with Crippen LogP contribution in [0.4, 0.5) is 10.5 Å². The first kappa shape index (κ1) is 21.3. The lowest BCUT2D eigenvalue weighted by Crippen LogP contribution is -2.44. The third kappa shape index (κ3) is 5.14. The highest BCUT2D eigenvalue weighted by atomic mass is 16.6. The molecule has 0 saturated heterocycles. The standard InChI is InChI=1S/C22H25N3O5/c1-15(2)30-21(26)13-19(18-9-5-6-10-20(18)25(28)29)23-22(27)24-12-11-16-7-3-4-8-17(16)14-24/h3-10,15,19H,11-14H2,1-2H3,(H,23,27)/t19-/m0/s1. The number of benzene rings is 2. The zero-order valence-corrected chi connectivity index (χ0v) is 17.0. The Morgan fingerprint density at radius 1 is 1.13 bits per heavy atom. The fourth-order valence-electron chi connectivity index (χ4n) is 3.57. The molecule has 0 unspecified atom stereocenters. The molecule has 2 aromatic rings. The molecule has 158 valence electrons. The van der Waals surface area contributed by atoms with E-state index in [0.717, 1.165) is 12.0 Å². The molecule has 0 bridgehead atoms. The van der Waals surface area contributed by atoms with E-state index in [0.29, 0.717) is 13.1 Å². The largest absolute Gasteiger partial charge is 0.463 e. The van der Waals surface area contributed by atoms with Crippen LogP contribution in [-0.2, 0) is 22.5 Å². The highest BCUT2D eigenvalue weighted by molar-refractivity contribution is 5.77. The number of esters is 1. The van der Waals surface area contributed by atoms with E-state index in [2.05, 4.69) is 5.32 Å². The van der Waals surface area contributed by atoms with Gasteiger partial charge >= 0.3 is 12.0 Å². The van der Waals surface area contributed by atoms with E-state index in [-0.39, 0.29) is 29.8 Å². The van der Waals surface area contributed by atoms with Crippen molar-refractivity contribution >= 4 is 17.7 Å². The molecule has 3 rings (SSSR count). The quantitative estimate of drug-likeness (QED) is 0.443. The number of para-hydroxylation sites is 1. The minimum absolute atomic E-state index is 0.149. The Morgan fingerprint density at radius 2 is 1.80 bits per heavy atom. The maximum absolute atomic E-state index is 13.0. The number of carbonyl (C=O) groups excluding carboxylic acids is 2. The lowest BCUT2D eigenvalue weighted by molar-refractivity contribution is -0.385. The van der Waals surface area contributed by atoms with Gasteiger partial charge < -0.3 is 15.0 Å². The Labute approximate surface area is 175 Å². The molecule has 0 radical (unpaired) electrons. The average molecular weight is 411 g/mol. The average Bonchev–Trinajstić information content (AvgIpc) is 2.72. The topological polar surface area (TPSA) is 102 Å². The number of nitrogens with one attached hydrogen (secondary N) is 1. The van der Waals surface area contributed by atoms with Crippen molar-refractivity contribution in [1.29, 1.82) is 0 Å². The molecule has 8 heteroatoms. The molecule has 2 aromatic carbocycles. The lowest BCUT2D eigenvalue weighted by atomic mass is 9.99. The van der Waals surface area contributed by atoms with Crippen LogP contribution in [0.25, 0.3) is 0 Å². The molecule has 0 saturated carbocycles. The molecule has 1 atom stereocenters. The summed E-state index contributed by atoms with van der Waals surface area (Å²) in [4.78, 5) is 37.9. The summed E-state index contributed by atoms with van der Waals surface area (Å²) in [6.07, 6.45) is 0.215. The van der Waals surface area contributed by atoms with Gasteiger partial charge in [-0.2, -0.15) is 0 Å². The number of amides is 2. The van der Waals surface area contributed by atoms with Gasteiger partial charge in [0.15, 0.2) is 0 Å². The van der Waals surface area contributed by atoms with Crippen LogP contribution in [0.1, 0.15) is 43.0 Å². The number of carbonyl (C=O) groups is 2. The predicted molar refractivity (Wildman–Crippen MR) is 111 cm³/mol. The Balaban J connectivity index is 1.81. The van der Waals surface area contributed by atoms with Gasteiger partial charge in [0.1, 0.15) is 0 Å². The smallest absolute Gasteiger partial charge is 0.318 e. The van der Waals surface area contributed by atoms with Crippen molar-refractivity contribution in [3.05, 3.63) is 75.3 Å². The molecular formula is C22H25N3O5. The molecule has 30 heavy (non-hydrogen) atoms. The van der Waals surface area contributed by atoms with Gasteiger partial charge in [-0.05, 0) is 31.4 Å². The number of nitrogens with zero attached hydrogens (tertiary/aromatic N) is 2. The maximum atomic E-state index is 13.0. The Hall–Kier alpha value is -3.42. The number of nitro benzene ring substituents is 1. The van der Waals surface area contributed by atoms with Gasteiger partial charge in [-0.15, -0.1) is 0 Å². The molecule has 2 amide bonds. The first-order chi connectivity index (χ1) is 14.3. The van der Waals surface area contributed by atoms with Crippen LogP contribution in [0.5, 0.6) is 0 Å². The molecule has 0 fully saturated rings. The summed E-state index contributed by atoms with van der Waals surface area (Å²) in [5.74, 6) is -0.530. The number of hydrogen-bond donors (Lipinski definition) is 1. The van der Waals surface area contributed by atoms with Gasteiger partial charge in [0.25, 0.3) is 5.69 Å². The summed E-state index contributed by atoms with van der Waals surface area (Å²) in [6.45, 7) is 4.42. The zero-order chi connectivity index (χ0) is 21.7. The van der Waals surface area contributed by atoms with Crippen LogP contribution < -0.4 is 5.32 Å². The van der Waals surface area contributed by atoms with E-state index in [4.69, 9.17) is 4.74 Å². The summed E-state index contributed by atoms with van der Waals surface area (Å²) in [7, 11) is 0. The van der Waals surface area contributed by atoms with E-state index >= 15 is 0 Å². The van der Waals surface area contributed by atoms with Crippen LogP contribution in [0.3, 0.4) is 0 Å². The molecule has 1 aliphatic heterocycles. The first-order valence-corrected chi connectivity index (χ1v) is 9.90. The molecule has 1 N–H and O–H groups in total. The van der Waals surface area contributed by atoms with Crippen LogP contribution in [0.15, 0.2) is 48.5 Å². The van der Waals surface area contributed by atoms with Crippen molar-refractivity contribution in [2.75, 3.05) is 6.54 Å². The number of fused-ring (bicyclic) bond motifs is 1. The lowest BCUT2D eigenvalue weighted by Gasteiger charge is -2.30. The number of hydrogen-bond acceptors (Lipinski definition) is 5. The van der Waals surface area contributed by atoms with Gasteiger partial charge in [0.05, 0.1) is 29.1 Å². The van der Waals surface area contributed by atoms with Crippen molar-refractivity contribution in [3.8, 4) is 0 Å². The molecule has 8 nitrogen and oxygen atoms in total. The van der Waals surface area contributed by atoms with Gasteiger partial charge in [0.2, 0.25) is 0 Å². The molecule has 0 aromatic heterocycles. The van der Waals surface area contributed by atoms with E-state index in [1.165, 1.54) is 11.6 Å². The summed E-state index contributed by atoms with van der Waals surface area (Å²) < 4.78 is 5.20. The number of urea groups is 1. The number of rotatable bonds is 6. The highest BCUT2D eigenvalue weighted by Gasteiger charge is 2.29. The fraction of sp³-hybridized carbons (Fsp3) is 0.364. The molecule has 1 aliphatic rings. The van der Waals surface area contributed by atoms with Gasteiger partial charge in [0, 0.05) is 19.2 Å². The van der Waals surface area contributed by atoms with E-state index in [1.807, 2.05) is 24.3 Å². The molecule has 1 heterocycles. The predicted octanol–water partition coefficient (Wildman–Crippen LogP) is 3.75. The van der Waals surface area contributed by atoms with E-state index in [9.17, 15) is 19.7 Å². The third-order valence-electron chi connectivity index (χ3n) is 4.96. The Morgan fingerprint density at radius 3 is 2.50 bits per heavy atom. The molecule has 0 aliphatic carbocycles. The minimum Gasteiger partial charge on any atom is -0.463 e. The van der Waals surface area contributed by atoms with Crippen LogP contribution in [-0.4, -0.2) is 34.5 Å². The zero-order valence-electron chi connectivity index (χ0n) is 17.0. The second kappa shape index (κ2) is 9.39. The Kier molecular flexibility index (Phi) is 6.66. The summed E-state index contributed by atoms with van der Waals surface area (Å²) in [5, 5.41) is 14.3. The maximum Gasteiger partial charge on any atom is 0.318 e. The SMILES string of the molecule is CC(C)OC(=O)C[C@H](NC(=O)N1CCc2ccccc2C1)c1ccccc1[N+](=O)[O-]. The van der Waals surface area contributed by atoms with Gasteiger partial charge in [-0.3, -0.25) is 14.9 Å². The van der Waals surface area contributed by atoms with Crippen molar-refractivity contribution in [1.82, 2.24) is 10.2 Å². The Bertz CT molecular complexity index is 944. The van der Waals surface area contributed by atoms with E-state index < -0.39 is 16.9 Å². The van der Waals surface area contributed by atoms with Gasteiger partial charge in [-0.25, -0.2) is 4.79 Å². The van der Waals surface area contributed by atoms with Crippen molar-refractivity contribution in [2.45, 2.75) is 45.4 Å². The second-order valence-corrected chi connectivity index (χ2v) is 7.50. The van der Waals surface area contributed by atoms with Crippen LogP contribution in [0, 0.1) is 10.1 Å². The fourth-order valence-corrected chi connectivity index (χ4v) is 3.57. The summed E-state index contributed by atoms with van der Waals surface area (Å²) in [5.41, 5.74) is 2.40. The summed E-state index contributed by atoms with van der Waals surface area (Å²) in [6, 6.07) is 12.8.